The van der Waals surface area contributed by atoms with Crippen LogP contribution >= 0.6 is 0 Å². The molecule has 0 N–H and O–H groups in total. The van der Waals surface area contributed by atoms with E-state index in [9.17, 15) is 19.2 Å². The Labute approximate surface area is 84.3 Å². The molecule has 0 aromatic rings. The summed E-state index contributed by atoms with van der Waals surface area (Å²) >= 11 is 0. The van der Waals surface area contributed by atoms with Crippen LogP contribution in [0.3, 0.4) is 0 Å². The van der Waals surface area contributed by atoms with Gasteiger partial charge in [0.15, 0.2) is 0 Å². The molecule has 1 fully saturated rings. The fourth-order valence-electron chi connectivity index (χ4n) is 0.848. The summed E-state index contributed by atoms with van der Waals surface area (Å²) in [5.41, 5.74) is 0. The highest BCUT2D eigenvalue weighted by Gasteiger charge is 2.20. The third kappa shape index (κ3) is 4.21. The summed E-state index contributed by atoms with van der Waals surface area (Å²) in [6.45, 7) is -0.294. The topological polar surface area (TPSA) is 96.0 Å². The van der Waals surface area contributed by atoms with Crippen LogP contribution in [-0.2, 0) is 33.4 Å². The molecule has 1 heterocycles. The Kier molecular flexibility index (Phi) is 3.78. The lowest BCUT2D eigenvalue weighted by molar-refractivity contribution is -0.163. The highest BCUT2D eigenvalue weighted by Crippen LogP contribution is 1.98. The molecule has 0 spiro atoms. The minimum Gasteiger partial charge on any atom is -0.462 e. The van der Waals surface area contributed by atoms with Gasteiger partial charge in [0, 0.05) is 0 Å². The number of hydrogen-bond donors (Lipinski definition) is 0. The lowest BCUT2D eigenvalue weighted by Gasteiger charge is -2.02. The maximum atomic E-state index is 10.8. The maximum absolute atomic E-state index is 10.8. The Morgan fingerprint density at radius 1 is 0.667 bits per heavy atom. The van der Waals surface area contributed by atoms with Crippen LogP contribution < -0.4 is 0 Å². The SMILES string of the molecule is O=C1CC(=O)OC(=O)CC(=O)OCCO1. The summed E-state index contributed by atoms with van der Waals surface area (Å²) in [5, 5.41) is 0. The standard InChI is InChI=1S/C8H8O7/c9-5-3-7(11)15-8(12)4-6(10)14-2-1-13-5/h1-4H2. The summed E-state index contributed by atoms with van der Waals surface area (Å²) in [6, 6.07) is 0. The van der Waals surface area contributed by atoms with Crippen molar-refractivity contribution >= 4 is 23.9 Å². The van der Waals surface area contributed by atoms with Gasteiger partial charge in [0.2, 0.25) is 0 Å². The van der Waals surface area contributed by atoms with E-state index in [1.165, 1.54) is 0 Å². The molecule has 0 amide bonds. The van der Waals surface area contributed by atoms with Crippen LogP contribution in [0.5, 0.6) is 0 Å². The van der Waals surface area contributed by atoms with Crippen LogP contribution in [0.1, 0.15) is 12.8 Å². The van der Waals surface area contributed by atoms with Crippen molar-refractivity contribution in [2.45, 2.75) is 12.8 Å². The smallest absolute Gasteiger partial charge is 0.324 e. The summed E-state index contributed by atoms with van der Waals surface area (Å²) in [4.78, 5) is 43.4. The first-order valence-corrected chi connectivity index (χ1v) is 4.12. The van der Waals surface area contributed by atoms with Gasteiger partial charge in [-0.05, 0) is 0 Å². The Morgan fingerprint density at radius 3 is 1.47 bits per heavy atom. The molecule has 0 saturated carbocycles. The molecule has 0 bridgehead atoms. The van der Waals surface area contributed by atoms with Gasteiger partial charge in [-0.2, -0.15) is 0 Å². The van der Waals surface area contributed by atoms with Gasteiger partial charge in [0.1, 0.15) is 26.1 Å². The molecule has 1 aliphatic rings. The summed E-state index contributed by atoms with van der Waals surface area (Å²) < 4.78 is 13.1. The number of hydrogen-bond acceptors (Lipinski definition) is 7. The number of carbonyl (C=O) groups is 4. The number of esters is 4. The van der Waals surface area contributed by atoms with Gasteiger partial charge in [-0.1, -0.05) is 0 Å². The van der Waals surface area contributed by atoms with Crippen molar-refractivity contribution in [3.05, 3.63) is 0 Å². The second kappa shape index (κ2) is 5.08. The van der Waals surface area contributed by atoms with Crippen LogP contribution in [0.25, 0.3) is 0 Å². The normalized spacial score (nSPS) is 19.7. The molecule has 82 valence electrons. The molecule has 15 heavy (non-hydrogen) atoms. The van der Waals surface area contributed by atoms with Gasteiger partial charge in [-0.3, -0.25) is 19.2 Å². The summed E-state index contributed by atoms with van der Waals surface area (Å²) in [7, 11) is 0. The van der Waals surface area contributed by atoms with Gasteiger partial charge >= 0.3 is 23.9 Å². The van der Waals surface area contributed by atoms with Crippen LogP contribution in [0.15, 0.2) is 0 Å². The molecule has 1 rings (SSSR count). The summed E-state index contributed by atoms with van der Waals surface area (Å²) in [5.74, 6) is -3.74. The van der Waals surface area contributed by atoms with Crippen molar-refractivity contribution < 1.29 is 33.4 Å². The van der Waals surface area contributed by atoms with Crippen molar-refractivity contribution in [1.29, 1.82) is 0 Å². The number of carbonyl (C=O) groups excluding carboxylic acids is 4. The predicted octanol–water partition coefficient (Wildman–Crippen LogP) is -1.06. The van der Waals surface area contributed by atoms with E-state index in [4.69, 9.17) is 0 Å². The second-order valence-corrected chi connectivity index (χ2v) is 2.64. The molecule has 0 aromatic carbocycles. The first-order valence-electron chi connectivity index (χ1n) is 4.12. The lowest BCUT2D eigenvalue weighted by Crippen LogP contribution is -2.18. The van der Waals surface area contributed by atoms with E-state index in [-0.39, 0.29) is 13.2 Å². The van der Waals surface area contributed by atoms with Crippen molar-refractivity contribution in [2.75, 3.05) is 13.2 Å². The zero-order valence-electron chi connectivity index (χ0n) is 7.69. The molecular weight excluding hydrogens is 208 g/mol. The van der Waals surface area contributed by atoms with E-state index in [2.05, 4.69) is 14.2 Å². The van der Waals surface area contributed by atoms with Crippen molar-refractivity contribution in [1.82, 2.24) is 0 Å². The summed E-state index contributed by atoms with van der Waals surface area (Å²) in [6.07, 6.45) is -1.31. The van der Waals surface area contributed by atoms with E-state index >= 15 is 0 Å². The average molecular weight is 216 g/mol. The molecule has 0 aliphatic carbocycles. The molecular formula is C8H8O7. The highest BCUT2D eigenvalue weighted by molar-refractivity contribution is 6.00. The van der Waals surface area contributed by atoms with Gasteiger partial charge in [-0.25, -0.2) is 0 Å². The zero-order chi connectivity index (χ0) is 11.3. The van der Waals surface area contributed by atoms with E-state index < -0.39 is 36.7 Å². The van der Waals surface area contributed by atoms with Crippen LogP contribution in [0, 0.1) is 0 Å². The first-order chi connectivity index (χ1) is 7.08. The van der Waals surface area contributed by atoms with Crippen molar-refractivity contribution in [3.8, 4) is 0 Å². The number of rotatable bonds is 0. The van der Waals surface area contributed by atoms with Crippen LogP contribution in [0.4, 0.5) is 0 Å². The molecule has 0 unspecified atom stereocenters. The predicted molar refractivity (Wildman–Crippen MR) is 42.3 cm³/mol. The minimum atomic E-state index is -1.04. The van der Waals surface area contributed by atoms with Gasteiger partial charge in [-0.15, -0.1) is 0 Å². The molecule has 7 nitrogen and oxygen atoms in total. The molecule has 1 saturated heterocycles. The van der Waals surface area contributed by atoms with Crippen LogP contribution in [0.2, 0.25) is 0 Å². The van der Waals surface area contributed by atoms with Crippen LogP contribution in [-0.4, -0.2) is 37.1 Å². The number of ether oxygens (including phenoxy) is 3. The average Bonchev–Trinajstić information content (AvgIpc) is 2.12. The Hall–Kier alpha value is -1.92. The Morgan fingerprint density at radius 2 is 1.07 bits per heavy atom. The van der Waals surface area contributed by atoms with Crippen molar-refractivity contribution in [2.24, 2.45) is 0 Å². The fraction of sp³-hybridized carbons (Fsp3) is 0.500. The molecule has 7 heteroatoms. The van der Waals surface area contributed by atoms with Gasteiger partial charge < -0.3 is 14.2 Å². The van der Waals surface area contributed by atoms with E-state index in [0.29, 0.717) is 0 Å². The van der Waals surface area contributed by atoms with Crippen molar-refractivity contribution in [3.63, 3.8) is 0 Å². The minimum absolute atomic E-state index is 0.147. The van der Waals surface area contributed by atoms with E-state index in [1.807, 2.05) is 0 Å². The molecule has 0 radical (unpaired) electrons. The number of cyclic esters (lactones) is 4. The Balaban J connectivity index is 2.60. The molecule has 0 atom stereocenters. The first kappa shape index (κ1) is 11.2. The fourth-order valence-corrected chi connectivity index (χ4v) is 0.848. The highest BCUT2D eigenvalue weighted by atomic mass is 16.6. The zero-order valence-corrected chi connectivity index (χ0v) is 7.69. The second-order valence-electron chi connectivity index (χ2n) is 2.64. The third-order valence-corrected chi connectivity index (χ3v) is 1.41. The lowest BCUT2D eigenvalue weighted by atomic mass is 10.4. The van der Waals surface area contributed by atoms with E-state index in [1.54, 1.807) is 0 Å². The molecule has 0 aromatic heterocycles. The largest absolute Gasteiger partial charge is 0.462 e. The van der Waals surface area contributed by atoms with Gasteiger partial charge in [0.05, 0.1) is 0 Å². The van der Waals surface area contributed by atoms with E-state index in [0.717, 1.165) is 0 Å². The Bertz CT molecular complexity index is 276. The maximum Gasteiger partial charge on any atom is 0.324 e. The molecule has 1 aliphatic heterocycles. The third-order valence-electron chi connectivity index (χ3n) is 1.41. The quantitative estimate of drug-likeness (QED) is 0.289. The monoisotopic (exact) mass is 216 g/mol. The van der Waals surface area contributed by atoms with Gasteiger partial charge in [0.25, 0.3) is 0 Å².